The number of nitrogens with two attached hydrogens (primary N) is 1. The molecule has 0 aliphatic carbocycles. The molecule has 96 valence electrons. The molecule has 1 fully saturated rings. The normalized spacial score (nSPS) is 19.4. The molecule has 1 aliphatic rings. The second-order valence-electron chi connectivity index (χ2n) is 5.01. The van der Waals surface area contributed by atoms with Gasteiger partial charge in [-0.2, -0.15) is 5.26 Å². The maximum Gasteiger partial charge on any atom is 0.130 e. The van der Waals surface area contributed by atoms with Crippen LogP contribution < -0.4 is 10.6 Å². The average molecular weight is 252 g/mol. The summed E-state index contributed by atoms with van der Waals surface area (Å²) >= 11 is 0. The molecule has 0 amide bonds. The lowest BCUT2D eigenvalue weighted by molar-refractivity contribution is 0.503. The van der Waals surface area contributed by atoms with Gasteiger partial charge < -0.3 is 10.6 Å². The van der Waals surface area contributed by atoms with E-state index in [0.29, 0.717) is 5.56 Å². The van der Waals surface area contributed by atoms with Gasteiger partial charge in [-0.1, -0.05) is 18.2 Å². The average Bonchev–Trinajstić information content (AvgIpc) is 2.46. The molecule has 0 bridgehead atoms. The largest absolute Gasteiger partial charge is 0.355 e. The number of nitrogens with zero attached hydrogens (tertiary/aromatic N) is 3. The van der Waals surface area contributed by atoms with Crippen molar-refractivity contribution in [3.8, 4) is 6.07 Å². The van der Waals surface area contributed by atoms with Crippen molar-refractivity contribution in [3.05, 3.63) is 35.9 Å². The maximum atomic E-state index is 9.29. The van der Waals surface area contributed by atoms with Crippen LogP contribution in [0.2, 0.25) is 0 Å². The number of rotatable bonds is 1. The number of nitriles is 1. The number of anilines is 1. The fourth-order valence-electron chi connectivity index (χ4n) is 2.63. The van der Waals surface area contributed by atoms with E-state index in [-0.39, 0.29) is 6.04 Å². The van der Waals surface area contributed by atoms with Gasteiger partial charge in [0.05, 0.1) is 17.1 Å². The van der Waals surface area contributed by atoms with E-state index in [1.165, 1.54) is 0 Å². The van der Waals surface area contributed by atoms with Gasteiger partial charge in [0, 0.05) is 24.5 Å². The van der Waals surface area contributed by atoms with Crippen molar-refractivity contribution in [1.82, 2.24) is 4.98 Å². The Morgan fingerprint density at radius 3 is 3.00 bits per heavy atom. The van der Waals surface area contributed by atoms with Crippen LogP contribution in [0.15, 0.2) is 30.3 Å². The number of piperidine rings is 1. The lowest BCUT2D eigenvalue weighted by Crippen LogP contribution is -2.43. The van der Waals surface area contributed by atoms with Crippen molar-refractivity contribution >= 4 is 16.7 Å². The Morgan fingerprint density at radius 2 is 2.21 bits per heavy atom. The summed E-state index contributed by atoms with van der Waals surface area (Å²) in [6.07, 6.45) is 2.15. The SMILES string of the molecule is N#Cc1cc(N2CCC[C@@H](N)C2)nc2ccccc12. The number of benzene rings is 1. The Morgan fingerprint density at radius 1 is 1.37 bits per heavy atom. The third-order valence-electron chi connectivity index (χ3n) is 3.60. The first-order valence-corrected chi connectivity index (χ1v) is 6.58. The number of pyridine rings is 1. The highest BCUT2D eigenvalue weighted by Crippen LogP contribution is 2.24. The summed E-state index contributed by atoms with van der Waals surface area (Å²) in [4.78, 5) is 6.84. The lowest BCUT2D eigenvalue weighted by atomic mass is 10.1. The Hall–Kier alpha value is -2.12. The Labute approximate surface area is 112 Å². The highest BCUT2D eigenvalue weighted by Gasteiger charge is 2.19. The number of aromatic nitrogens is 1. The fourth-order valence-corrected chi connectivity index (χ4v) is 2.63. The van der Waals surface area contributed by atoms with Crippen LogP contribution in [-0.2, 0) is 0 Å². The van der Waals surface area contributed by atoms with Crippen LogP contribution in [0.3, 0.4) is 0 Å². The molecule has 1 aliphatic heterocycles. The van der Waals surface area contributed by atoms with E-state index in [2.05, 4.69) is 16.0 Å². The molecule has 4 nitrogen and oxygen atoms in total. The highest BCUT2D eigenvalue weighted by atomic mass is 15.2. The lowest BCUT2D eigenvalue weighted by Gasteiger charge is -2.31. The molecule has 0 unspecified atom stereocenters. The molecule has 4 heteroatoms. The zero-order valence-electron chi connectivity index (χ0n) is 10.7. The van der Waals surface area contributed by atoms with Gasteiger partial charge in [-0.05, 0) is 25.0 Å². The van der Waals surface area contributed by atoms with Gasteiger partial charge >= 0.3 is 0 Å². The third kappa shape index (κ3) is 2.25. The molecule has 1 aromatic carbocycles. The molecule has 2 aromatic rings. The van der Waals surface area contributed by atoms with E-state index >= 15 is 0 Å². The fraction of sp³-hybridized carbons (Fsp3) is 0.333. The molecular formula is C15H16N4. The standard InChI is InChI=1S/C15H16N4/c16-9-11-8-15(19-7-3-4-12(17)10-19)18-14-6-2-1-5-13(11)14/h1-2,5-6,8,12H,3-4,7,10,17H2/t12-/m1/s1. The summed E-state index contributed by atoms with van der Waals surface area (Å²) in [5, 5.41) is 10.2. The molecule has 1 saturated heterocycles. The minimum atomic E-state index is 0.201. The van der Waals surface area contributed by atoms with Gasteiger partial charge in [0.25, 0.3) is 0 Å². The van der Waals surface area contributed by atoms with Gasteiger partial charge in [-0.3, -0.25) is 0 Å². The third-order valence-corrected chi connectivity index (χ3v) is 3.60. The van der Waals surface area contributed by atoms with Crippen molar-refractivity contribution in [2.45, 2.75) is 18.9 Å². The number of para-hydroxylation sites is 1. The van der Waals surface area contributed by atoms with Crippen molar-refractivity contribution in [2.75, 3.05) is 18.0 Å². The van der Waals surface area contributed by atoms with Gasteiger partial charge in [0.15, 0.2) is 0 Å². The van der Waals surface area contributed by atoms with E-state index in [4.69, 9.17) is 5.73 Å². The van der Waals surface area contributed by atoms with E-state index < -0.39 is 0 Å². The molecule has 2 N–H and O–H groups in total. The predicted molar refractivity (Wildman–Crippen MR) is 75.9 cm³/mol. The molecule has 1 aromatic heterocycles. The molecule has 3 rings (SSSR count). The minimum absolute atomic E-state index is 0.201. The zero-order valence-corrected chi connectivity index (χ0v) is 10.7. The van der Waals surface area contributed by atoms with Gasteiger partial charge in [-0.15, -0.1) is 0 Å². The number of hydrogen-bond acceptors (Lipinski definition) is 4. The summed E-state index contributed by atoms with van der Waals surface area (Å²) in [6.45, 7) is 1.78. The first kappa shape index (κ1) is 11.9. The van der Waals surface area contributed by atoms with E-state index in [1.54, 1.807) is 0 Å². The topological polar surface area (TPSA) is 65.9 Å². The highest BCUT2D eigenvalue weighted by molar-refractivity contribution is 5.86. The second-order valence-corrected chi connectivity index (χ2v) is 5.01. The molecule has 19 heavy (non-hydrogen) atoms. The minimum Gasteiger partial charge on any atom is -0.355 e. The summed E-state index contributed by atoms with van der Waals surface area (Å²) in [6, 6.07) is 12.1. The van der Waals surface area contributed by atoms with Crippen LogP contribution in [0.4, 0.5) is 5.82 Å². The Bertz CT molecular complexity index is 644. The van der Waals surface area contributed by atoms with Crippen LogP contribution in [0.1, 0.15) is 18.4 Å². The van der Waals surface area contributed by atoms with E-state index in [0.717, 1.165) is 42.7 Å². The predicted octanol–water partition coefficient (Wildman–Crippen LogP) is 2.03. The van der Waals surface area contributed by atoms with Gasteiger partial charge in [-0.25, -0.2) is 4.98 Å². The monoisotopic (exact) mass is 252 g/mol. The number of hydrogen-bond donors (Lipinski definition) is 1. The van der Waals surface area contributed by atoms with E-state index in [1.807, 2.05) is 30.3 Å². The first-order valence-electron chi connectivity index (χ1n) is 6.58. The van der Waals surface area contributed by atoms with Crippen LogP contribution in [0.25, 0.3) is 10.9 Å². The van der Waals surface area contributed by atoms with Crippen LogP contribution in [0, 0.1) is 11.3 Å². The quantitative estimate of drug-likeness (QED) is 0.843. The zero-order chi connectivity index (χ0) is 13.2. The van der Waals surface area contributed by atoms with Gasteiger partial charge in [0.1, 0.15) is 5.82 Å². The molecule has 0 spiro atoms. The molecule has 0 radical (unpaired) electrons. The van der Waals surface area contributed by atoms with Crippen LogP contribution >= 0.6 is 0 Å². The molecule has 2 heterocycles. The molecule has 0 saturated carbocycles. The van der Waals surface area contributed by atoms with Crippen molar-refractivity contribution in [3.63, 3.8) is 0 Å². The van der Waals surface area contributed by atoms with Crippen LogP contribution in [0.5, 0.6) is 0 Å². The summed E-state index contributed by atoms with van der Waals surface area (Å²) in [5.41, 5.74) is 7.56. The summed E-state index contributed by atoms with van der Waals surface area (Å²) < 4.78 is 0. The summed E-state index contributed by atoms with van der Waals surface area (Å²) in [5.74, 6) is 0.866. The van der Waals surface area contributed by atoms with E-state index in [9.17, 15) is 5.26 Å². The molecule has 1 atom stereocenters. The van der Waals surface area contributed by atoms with Crippen LogP contribution in [-0.4, -0.2) is 24.1 Å². The smallest absolute Gasteiger partial charge is 0.130 e. The Kier molecular flexibility index (Phi) is 3.06. The van der Waals surface area contributed by atoms with Crippen molar-refractivity contribution < 1.29 is 0 Å². The van der Waals surface area contributed by atoms with Crippen molar-refractivity contribution in [2.24, 2.45) is 5.73 Å². The van der Waals surface area contributed by atoms with Gasteiger partial charge in [0.2, 0.25) is 0 Å². The van der Waals surface area contributed by atoms with Crippen molar-refractivity contribution in [1.29, 1.82) is 5.26 Å². The number of fused-ring (bicyclic) bond motifs is 1. The second kappa shape index (κ2) is 4.87. The first-order chi connectivity index (χ1) is 9.28. The Balaban J connectivity index is 2.07. The summed E-state index contributed by atoms with van der Waals surface area (Å²) in [7, 11) is 0. The molecular weight excluding hydrogens is 236 g/mol. The maximum absolute atomic E-state index is 9.29.